The van der Waals surface area contributed by atoms with Crippen LogP contribution in [0, 0.1) is 5.92 Å². The zero-order chi connectivity index (χ0) is 14.3. The molecule has 1 aromatic carbocycles. The van der Waals surface area contributed by atoms with Gasteiger partial charge in [-0.05, 0) is 17.9 Å². The van der Waals surface area contributed by atoms with E-state index in [4.69, 9.17) is 10.9 Å². The van der Waals surface area contributed by atoms with Gasteiger partial charge in [0.2, 0.25) is 5.91 Å². The van der Waals surface area contributed by atoms with Gasteiger partial charge < -0.3 is 16.3 Å². The third-order valence-electron chi connectivity index (χ3n) is 2.83. The quantitative estimate of drug-likeness (QED) is 0.316. The largest absolute Gasteiger partial charge is 0.409 e. The van der Waals surface area contributed by atoms with Crippen molar-refractivity contribution in [2.45, 2.75) is 26.2 Å². The molecule has 0 spiro atoms. The molecule has 0 aliphatic heterocycles. The number of rotatable bonds is 6. The first kappa shape index (κ1) is 15.0. The summed E-state index contributed by atoms with van der Waals surface area (Å²) in [6.07, 6.45) is 0.892. The molecular formula is C14H21N3O2. The number of nitrogens with one attached hydrogen (secondary N) is 1. The van der Waals surface area contributed by atoms with Crippen molar-refractivity contribution < 1.29 is 10.0 Å². The lowest BCUT2D eigenvalue weighted by atomic mass is 9.97. The van der Waals surface area contributed by atoms with Crippen molar-refractivity contribution in [1.29, 1.82) is 0 Å². The monoisotopic (exact) mass is 263 g/mol. The summed E-state index contributed by atoms with van der Waals surface area (Å²) in [6.45, 7) is 4.76. The molecule has 0 saturated heterocycles. The van der Waals surface area contributed by atoms with Crippen molar-refractivity contribution in [3.63, 3.8) is 0 Å². The Kier molecular flexibility index (Phi) is 5.85. The van der Waals surface area contributed by atoms with Gasteiger partial charge >= 0.3 is 0 Å². The number of amidine groups is 1. The second kappa shape index (κ2) is 7.41. The van der Waals surface area contributed by atoms with E-state index >= 15 is 0 Å². The minimum absolute atomic E-state index is 0.103. The molecule has 0 fully saturated rings. The Morgan fingerprint density at radius 1 is 1.37 bits per heavy atom. The summed E-state index contributed by atoms with van der Waals surface area (Å²) >= 11 is 0. The lowest BCUT2D eigenvalue weighted by Crippen LogP contribution is -2.37. The van der Waals surface area contributed by atoms with E-state index in [0.717, 1.165) is 6.42 Å². The Hall–Kier alpha value is -2.04. The van der Waals surface area contributed by atoms with E-state index in [9.17, 15) is 4.79 Å². The minimum Gasteiger partial charge on any atom is -0.409 e. The van der Waals surface area contributed by atoms with Gasteiger partial charge in [0.05, 0.1) is 0 Å². The molecule has 1 rings (SSSR count). The average molecular weight is 263 g/mol. The van der Waals surface area contributed by atoms with E-state index in [0.29, 0.717) is 18.0 Å². The van der Waals surface area contributed by atoms with Crippen LogP contribution in [0.1, 0.15) is 31.7 Å². The number of hydrogen-bond donors (Lipinski definition) is 3. The van der Waals surface area contributed by atoms with E-state index < -0.39 is 5.92 Å². The highest BCUT2D eigenvalue weighted by Crippen LogP contribution is 2.16. The molecule has 1 atom stereocenters. The number of carbonyl (C=O) groups is 1. The van der Waals surface area contributed by atoms with Crippen molar-refractivity contribution in [3.05, 3.63) is 35.9 Å². The second-order valence-corrected chi connectivity index (χ2v) is 4.84. The summed E-state index contributed by atoms with van der Waals surface area (Å²) in [5, 5.41) is 14.6. The molecule has 5 nitrogen and oxygen atoms in total. The Balaban J connectivity index is 2.78. The topological polar surface area (TPSA) is 87.7 Å². The molecule has 0 saturated carbocycles. The van der Waals surface area contributed by atoms with Crippen LogP contribution < -0.4 is 11.1 Å². The van der Waals surface area contributed by atoms with Crippen LogP contribution in [0.4, 0.5) is 0 Å². The van der Waals surface area contributed by atoms with Gasteiger partial charge in [-0.1, -0.05) is 49.3 Å². The van der Waals surface area contributed by atoms with Gasteiger partial charge in [0, 0.05) is 6.54 Å². The van der Waals surface area contributed by atoms with Crippen molar-refractivity contribution in [2.24, 2.45) is 16.8 Å². The summed E-state index contributed by atoms with van der Waals surface area (Å²) in [6, 6.07) is 9.04. The molecule has 104 valence electrons. The molecule has 5 heteroatoms. The lowest BCUT2D eigenvalue weighted by Gasteiger charge is -2.16. The van der Waals surface area contributed by atoms with Crippen LogP contribution in [0.25, 0.3) is 0 Å². The molecule has 0 aromatic heterocycles. The van der Waals surface area contributed by atoms with E-state index in [2.05, 4.69) is 24.3 Å². The molecule has 0 aliphatic rings. The fourth-order valence-electron chi connectivity index (χ4n) is 1.75. The predicted octanol–water partition coefficient (Wildman–Crippen LogP) is 1.68. The zero-order valence-corrected chi connectivity index (χ0v) is 11.3. The van der Waals surface area contributed by atoms with E-state index in [1.807, 2.05) is 18.2 Å². The van der Waals surface area contributed by atoms with Gasteiger partial charge in [0.25, 0.3) is 0 Å². The third kappa shape index (κ3) is 4.62. The zero-order valence-electron chi connectivity index (χ0n) is 11.3. The fraction of sp³-hybridized carbons (Fsp3) is 0.429. The highest BCUT2D eigenvalue weighted by atomic mass is 16.4. The maximum absolute atomic E-state index is 12.1. The summed E-state index contributed by atoms with van der Waals surface area (Å²) in [4.78, 5) is 12.1. The van der Waals surface area contributed by atoms with Gasteiger partial charge in [0.1, 0.15) is 5.92 Å². The molecule has 1 amide bonds. The first-order valence-corrected chi connectivity index (χ1v) is 6.36. The SMILES string of the molecule is CC(C)CCNC(=O)C(C(N)=NO)c1ccccc1. The molecule has 0 radical (unpaired) electrons. The summed E-state index contributed by atoms with van der Waals surface area (Å²) < 4.78 is 0. The van der Waals surface area contributed by atoms with E-state index in [1.54, 1.807) is 12.1 Å². The Labute approximate surface area is 113 Å². The number of hydrogen-bond acceptors (Lipinski definition) is 3. The first-order valence-electron chi connectivity index (χ1n) is 6.36. The molecule has 0 heterocycles. The van der Waals surface area contributed by atoms with Gasteiger partial charge in [-0.2, -0.15) is 0 Å². The number of nitrogens with two attached hydrogens (primary N) is 1. The van der Waals surface area contributed by atoms with Crippen LogP contribution in [0.3, 0.4) is 0 Å². The summed E-state index contributed by atoms with van der Waals surface area (Å²) in [7, 11) is 0. The summed E-state index contributed by atoms with van der Waals surface area (Å²) in [5.74, 6) is -0.590. The van der Waals surface area contributed by atoms with Gasteiger partial charge in [-0.15, -0.1) is 0 Å². The predicted molar refractivity (Wildman–Crippen MR) is 75.1 cm³/mol. The Morgan fingerprint density at radius 2 is 2.00 bits per heavy atom. The normalized spacial score (nSPS) is 13.3. The fourth-order valence-corrected chi connectivity index (χ4v) is 1.75. The van der Waals surface area contributed by atoms with Crippen LogP contribution in [0.2, 0.25) is 0 Å². The maximum Gasteiger partial charge on any atom is 0.235 e. The number of carbonyl (C=O) groups excluding carboxylic acids is 1. The molecule has 4 N–H and O–H groups in total. The van der Waals surface area contributed by atoms with Crippen LogP contribution in [-0.4, -0.2) is 23.5 Å². The van der Waals surface area contributed by atoms with E-state index in [1.165, 1.54) is 0 Å². The molecular weight excluding hydrogens is 242 g/mol. The number of oxime groups is 1. The van der Waals surface area contributed by atoms with Crippen LogP contribution in [0.15, 0.2) is 35.5 Å². The Bertz CT molecular complexity index is 430. The third-order valence-corrected chi connectivity index (χ3v) is 2.83. The molecule has 0 bridgehead atoms. The molecule has 1 unspecified atom stereocenters. The average Bonchev–Trinajstić information content (AvgIpc) is 2.39. The highest BCUT2D eigenvalue weighted by Gasteiger charge is 2.24. The standard InChI is InChI=1S/C14H21N3O2/c1-10(2)8-9-16-14(18)12(13(15)17-19)11-6-4-3-5-7-11/h3-7,10,12,19H,8-9H2,1-2H3,(H2,15,17)(H,16,18). The first-order chi connectivity index (χ1) is 9.06. The van der Waals surface area contributed by atoms with Crippen LogP contribution >= 0.6 is 0 Å². The van der Waals surface area contributed by atoms with Crippen molar-refractivity contribution in [2.75, 3.05) is 6.54 Å². The van der Waals surface area contributed by atoms with Gasteiger partial charge in [-0.25, -0.2) is 0 Å². The summed E-state index contributed by atoms with van der Waals surface area (Å²) in [5.41, 5.74) is 6.33. The number of benzene rings is 1. The lowest BCUT2D eigenvalue weighted by molar-refractivity contribution is -0.121. The van der Waals surface area contributed by atoms with Crippen molar-refractivity contribution >= 4 is 11.7 Å². The molecule has 1 aromatic rings. The maximum atomic E-state index is 12.1. The second-order valence-electron chi connectivity index (χ2n) is 4.84. The Morgan fingerprint density at radius 3 is 2.53 bits per heavy atom. The smallest absolute Gasteiger partial charge is 0.235 e. The minimum atomic E-state index is -0.752. The highest BCUT2D eigenvalue weighted by molar-refractivity contribution is 6.07. The van der Waals surface area contributed by atoms with Crippen molar-refractivity contribution in [1.82, 2.24) is 5.32 Å². The van der Waals surface area contributed by atoms with Crippen molar-refractivity contribution in [3.8, 4) is 0 Å². The number of amides is 1. The molecule has 0 aliphatic carbocycles. The van der Waals surface area contributed by atoms with E-state index in [-0.39, 0.29) is 11.7 Å². The van der Waals surface area contributed by atoms with Gasteiger partial charge in [-0.3, -0.25) is 4.79 Å². The molecule has 19 heavy (non-hydrogen) atoms. The van der Waals surface area contributed by atoms with Crippen LogP contribution in [-0.2, 0) is 4.79 Å². The van der Waals surface area contributed by atoms with Crippen LogP contribution in [0.5, 0.6) is 0 Å². The van der Waals surface area contributed by atoms with Gasteiger partial charge in [0.15, 0.2) is 5.84 Å². The number of nitrogens with zero attached hydrogens (tertiary/aromatic N) is 1.